The summed E-state index contributed by atoms with van der Waals surface area (Å²) >= 11 is 1.66. The summed E-state index contributed by atoms with van der Waals surface area (Å²) in [6.07, 6.45) is 0.243. The summed E-state index contributed by atoms with van der Waals surface area (Å²) in [5, 5.41) is 3.22. The van der Waals surface area contributed by atoms with E-state index in [0.717, 1.165) is 37.9 Å². The van der Waals surface area contributed by atoms with Crippen molar-refractivity contribution in [1.29, 1.82) is 0 Å². The topological polar surface area (TPSA) is 52.6 Å². The number of fused-ring (bicyclic) bond motifs is 2. The average Bonchev–Trinajstić information content (AvgIpc) is 3.46. The van der Waals surface area contributed by atoms with Crippen LogP contribution in [0.3, 0.4) is 0 Å². The first-order chi connectivity index (χ1) is 16.6. The van der Waals surface area contributed by atoms with Crippen molar-refractivity contribution in [2.45, 2.75) is 26.2 Å². The van der Waals surface area contributed by atoms with E-state index in [-0.39, 0.29) is 19.6 Å². The van der Waals surface area contributed by atoms with Crippen LogP contribution in [0.25, 0.3) is 21.2 Å². The predicted molar refractivity (Wildman–Crippen MR) is 135 cm³/mol. The third-order valence-electron chi connectivity index (χ3n) is 6.61. The molecule has 0 saturated heterocycles. The van der Waals surface area contributed by atoms with E-state index in [1.807, 2.05) is 48.5 Å². The molecule has 0 N–H and O–H groups in total. The molecule has 34 heavy (non-hydrogen) atoms. The zero-order valence-corrected chi connectivity index (χ0v) is 20.1. The molecule has 0 fully saturated rings. The smallest absolute Gasteiger partial charge is 0.324 e. The molecule has 5 heteroatoms. The Bertz CT molecular complexity index is 1320. The average molecular weight is 471 g/mol. The molecule has 0 radical (unpaired) electrons. The number of hydrogen-bond donors (Lipinski definition) is 0. The van der Waals surface area contributed by atoms with Gasteiger partial charge < -0.3 is 9.47 Å². The maximum atomic E-state index is 13.7. The zero-order valence-electron chi connectivity index (χ0n) is 19.2. The molecule has 1 aliphatic carbocycles. The van der Waals surface area contributed by atoms with Crippen LogP contribution in [-0.4, -0.2) is 25.2 Å². The first-order valence-electron chi connectivity index (χ1n) is 11.6. The number of ether oxygens (including phenoxy) is 2. The SMILES string of the molecule is CCOC(=O)C1(C(=O)OCC)Cc2cc3sccc3c(-c3ccccc3)c2C1c1ccccc1. The monoisotopic (exact) mass is 470 g/mol. The number of hydrogen-bond acceptors (Lipinski definition) is 5. The molecule has 0 spiro atoms. The fourth-order valence-corrected chi connectivity index (χ4v) is 6.16. The summed E-state index contributed by atoms with van der Waals surface area (Å²) in [6.45, 7) is 3.92. The molecule has 3 aromatic carbocycles. The minimum absolute atomic E-state index is 0.193. The maximum absolute atomic E-state index is 13.7. The van der Waals surface area contributed by atoms with E-state index >= 15 is 0 Å². The van der Waals surface area contributed by atoms with Gasteiger partial charge in [-0.25, -0.2) is 0 Å². The van der Waals surface area contributed by atoms with E-state index in [1.165, 1.54) is 0 Å². The van der Waals surface area contributed by atoms with Gasteiger partial charge >= 0.3 is 11.9 Å². The fraction of sp³-hybridized carbons (Fsp3) is 0.241. The summed E-state index contributed by atoms with van der Waals surface area (Å²) in [5.74, 6) is -1.58. The van der Waals surface area contributed by atoms with Gasteiger partial charge in [-0.15, -0.1) is 11.3 Å². The molecule has 1 aliphatic rings. The van der Waals surface area contributed by atoms with Gasteiger partial charge in [0.25, 0.3) is 0 Å². The fourth-order valence-electron chi connectivity index (χ4n) is 5.30. The molecule has 0 bridgehead atoms. The molecule has 0 saturated carbocycles. The van der Waals surface area contributed by atoms with Gasteiger partial charge in [0, 0.05) is 22.4 Å². The minimum atomic E-state index is -1.48. The van der Waals surface area contributed by atoms with E-state index in [4.69, 9.17) is 9.47 Å². The molecule has 4 nitrogen and oxygen atoms in total. The van der Waals surface area contributed by atoms with Crippen molar-refractivity contribution in [3.63, 3.8) is 0 Å². The van der Waals surface area contributed by atoms with Gasteiger partial charge in [-0.3, -0.25) is 9.59 Å². The summed E-state index contributed by atoms with van der Waals surface area (Å²) in [4.78, 5) is 27.4. The quantitative estimate of drug-likeness (QED) is 0.243. The van der Waals surface area contributed by atoms with Gasteiger partial charge in [0.05, 0.1) is 13.2 Å². The van der Waals surface area contributed by atoms with E-state index in [2.05, 4.69) is 29.6 Å². The number of carbonyl (C=O) groups excluding carboxylic acids is 2. The largest absolute Gasteiger partial charge is 0.465 e. The van der Waals surface area contributed by atoms with Gasteiger partial charge in [-0.1, -0.05) is 60.7 Å². The van der Waals surface area contributed by atoms with Gasteiger partial charge in [0.15, 0.2) is 5.41 Å². The number of esters is 2. The Hall–Kier alpha value is -3.44. The van der Waals surface area contributed by atoms with Crippen LogP contribution in [0.2, 0.25) is 0 Å². The molecule has 1 unspecified atom stereocenters. The van der Waals surface area contributed by atoms with Gasteiger partial charge in [-0.2, -0.15) is 0 Å². The van der Waals surface area contributed by atoms with Crippen molar-refractivity contribution in [2.24, 2.45) is 5.41 Å². The standard InChI is InChI=1S/C29H26O4S/c1-3-32-27(30)29(28(31)33-4-2)18-21-17-23-22(15-16-34-23)24(19-11-7-5-8-12-19)25(21)26(29)20-13-9-6-10-14-20/h5-17,26H,3-4,18H2,1-2H3. The van der Waals surface area contributed by atoms with Crippen LogP contribution in [0.4, 0.5) is 0 Å². The number of carbonyl (C=O) groups is 2. The number of benzene rings is 3. The molecule has 5 rings (SSSR count). The van der Waals surface area contributed by atoms with Crippen LogP contribution >= 0.6 is 11.3 Å². The van der Waals surface area contributed by atoms with E-state index in [1.54, 1.807) is 25.2 Å². The van der Waals surface area contributed by atoms with Crippen molar-refractivity contribution in [3.8, 4) is 11.1 Å². The summed E-state index contributed by atoms with van der Waals surface area (Å²) in [6, 6.07) is 24.3. The highest BCUT2D eigenvalue weighted by Gasteiger charge is 2.61. The lowest BCUT2D eigenvalue weighted by Gasteiger charge is -2.32. The zero-order chi connectivity index (χ0) is 23.7. The molecule has 4 aromatic rings. The number of thiophene rings is 1. The van der Waals surface area contributed by atoms with E-state index in [0.29, 0.717) is 0 Å². The van der Waals surface area contributed by atoms with Crippen LogP contribution in [-0.2, 0) is 25.5 Å². The minimum Gasteiger partial charge on any atom is -0.465 e. The van der Waals surface area contributed by atoms with Crippen LogP contribution in [0.1, 0.15) is 36.5 Å². The third-order valence-corrected chi connectivity index (χ3v) is 7.47. The Morgan fingerprint density at radius 2 is 1.53 bits per heavy atom. The van der Waals surface area contributed by atoms with Gasteiger partial charge in [0.2, 0.25) is 0 Å². The Balaban J connectivity index is 1.87. The van der Waals surface area contributed by atoms with E-state index < -0.39 is 23.3 Å². The molecule has 1 aromatic heterocycles. The first-order valence-corrected chi connectivity index (χ1v) is 12.5. The van der Waals surface area contributed by atoms with Crippen molar-refractivity contribution in [1.82, 2.24) is 0 Å². The molecule has 1 atom stereocenters. The van der Waals surface area contributed by atoms with Crippen LogP contribution < -0.4 is 0 Å². The highest BCUT2D eigenvalue weighted by Crippen LogP contribution is 2.57. The van der Waals surface area contributed by atoms with Gasteiger partial charge in [0.1, 0.15) is 0 Å². The highest BCUT2D eigenvalue weighted by atomic mass is 32.1. The Kier molecular flexibility index (Phi) is 5.96. The third kappa shape index (κ3) is 3.43. The van der Waals surface area contributed by atoms with Crippen molar-refractivity contribution in [2.75, 3.05) is 13.2 Å². The van der Waals surface area contributed by atoms with Crippen LogP contribution in [0.15, 0.2) is 78.2 Å². The summed E-state index contributed by atoms with van der Waals surface area (Å²) in [5.41, 5.74) is 3.54. The molecule has 0 aliphatic heterocycles. The van der Waals surface area contributed by atoms with Crippen molar-refractivity contribution in [3.05, 3.63) is 94.9 Å². The Morgan fingerprint density at radius 3 is 2.15 bits per heavy atom. The lowest BCUT2D eigenvalue weighted by molar-refractivity contribution is -0.172. The normalized spacial score (nSPS) is 16.2. The maximum Gasteiger partial charge on any atom is 0.324 e. The molecule has 0 amide bonds. The summed E-state index contributed by atoms with van der Waals surface area (Å²) < 4.78 is 12.3. The van der Waals surface area contributed by atoms with E-state index in [9.17, 15) is 9.59 Å². The Morgan fingerprint density at radius 1 is 0.912 bits per heavy atom. The predicted octanol–water partition coefficient (Wildman–Crippen LogP) is 6.37. The van der Waals surface area contributed by atoms with Crippen molar-refractivity contribution < 1.29 is 19.1 Å². The van der Waals surface area contributed by atoms with Crippen LogP contribution in [0, 0.1) is 5.41 Å². The molecule has 172 valence electrons. The second kappa shape index (κ2) is 9.07. The van der Waals surface area contributed by atoms with Crippen molar-refractivity contribution >= 4 is 33.4 Å². The Labute approximate surface area is 203 Å². The van der Waals surface area contributed by atoms with Gasteiger partial charge in [-0.05, 0) is 59.2 Å². The van der Waals surface area contributed by atoms with Crippen LogP contribution in [0.5, 0.6) is 0 Å². The molecule has 1 heterocycles. The second-order valence-corrected chi connectivity index (χ2v) is 9.40. The highest BCUT2D eigenvalue weighted by molar-refractivity contribution is 7.17. The number of rotatable bonds is 6. The first kappa shape index (κ1) is 22.4. The lowest BCUT2D eigenvalue weighted by Crippen LogP contribution is -2.46. The lowest BCUT2D eigenvalue weighted by atomic mass is 9.71. The summed E-state index contributed by atoms with van der Waals surface area (Å²) in [7, 11) is 0. The molecular formula is C29H26O4S. The second-order valence-electron chi connectivity index (χ2n) is 8.46. The molecular weight excluding hydrogens is 444 g/mol.